The summed E-state index contributed by atoms with van der Waals surface area (Å²) in [6, 6.07) is 12.9. The van der Waals surface area contributed by atoms with Crippen molar-refractivity contribution in [3.05, 3.63) is 53.5 Å². The molecule has 1 aromatic carbocycles. The molecule has 3 rings (SSSR count). The summed E-state index contributed by atoms with van der Waals surface area (Å²) in [7, 11) is 0. The number of nitrogens with one attached hydrogen (secondary N) is 2. The zero-order valence-electron chi connectivity index (χ0n) is 15.4. The van der Waals surface area contributed by atoms with Gasteiger partial charge in [0.1, 0.15) is 11.5 Å². The topological polar surface area (TPSA) is 90.5 Å². The maximum Gasteiger partial charge on any atom is 0.319 e. The van der Waals surface area contributed by atoms with Crippen LogP contribution in [0.1, 0.15) is 23.1 Å². The van der Waals surface area contributed by atoms with Crippen LogP contribution >= 0.6 is 0 Å². The van der Waals surface area contributed by atoms with Crippen LogP contribution in [0, 0.1) is 18.3 Å². The molecule has 1 aromatic heterocycles. The zero-order valence-corrected chi connectivity index (χ0v) is 15.4. The SMILES string of the molecule is Cc1ccc(C(CNC(=O)Nc2ccc(CC#N)cc2)N2CCOCC2)o1. The van der Waals surface area contributed by atoms with E-state index in [1.165, 1.54) is 0 Å². The smallest absolute Gasteiger partial charge is 0.319 e. The van der Waals surface area contributed by atoms with E-state index in [0.29, 0.717) is 31.9 Å². The Kier molecular flexibility index (Phi) is 6.47. The third-order valence-electron chi connectivity index (χ3n) is 4.53. The van der Waals surface area contributed by atoms with E-state index in [1.54, 1.807) is 12.1 Å². The zero-order chi connectivity index (χ0) is 19.1. The van der Waals surface area contributed by atoms with Crippen LogP contribution in [0.2, 0.25) is 0 Å². The Hall–Kier alpha value is -2.82. The third-order valence-corrected chi connectivity index (χ3v) is 4.53. The summed E-state index contributed by atoms with van der Waals surface area (Å²) in [6.45, 7) is 5.30. The first kappa shape index (κ1) is 19.0. The molecule has 1 aliphatic heterocycles. The highest BCUT2D eigenvalue weighted by Crippen LogP contribution is 2.23. The molecule has 0 saturated carbocycles. The average Bonchev–Trinajstić information content (AvgIpc) is 3.11. The number of amides is 2. The van der Waals surface area contributed by atoms with Crippen LogP contribution in [0.5, 0.6) is 0 Å². The number of aryl methyl sites for hydroxylation is 1. The number of nitrogens with zero attached hydrogens (tertiary/aromatic N) is 2. The number of urea groups is 1. The lowest BCUT2D eigenvalue weighted by Crippen LogP contribution is -2.44. The van der Waals surface area contributed by atoms with Crippen LogP contribution in [-0.4, -0.2) is 43.8 Å². The van der Waals surface area contributed by atoms with E-state index in [9.17, 15) is 4.79 Å². The largest absolute Gasteiger partial charge is 0.465 e. The summed E-state index contributed by atoms with van der Waals surface area (Å²) in [5.41, 5.74) is 1.61. The summed E-state index contributed by atoms with van der Waals surface area (Å²) in [4.78, 5) is 14.6. The molecule has 7 heteroatoms. The molecule has 2 heterocycles. The maximum absolute atomic E-state index is 12.3. The van der Waals surface area contributed by atoms with E-state index in [4.69, 9.17) is 14.4 Å². The number of benzene rings is 1. The molecule has 0 radical (unpaired) electrons. The van der Waals surface area contributed by atoms with Gasteiger partial charge >= 0.3 is 6.03 Å². The molecule has 27 heavy (non-hydrogen) atoms. The Morgan fingerprint density at radius 2 is 1.96 bits per heavy atom. The molecule has 7 nitrogen and oxygen atoms in total. The fourth-order valence-electron chi connectivity index (χ4n) is 3.09. The Morgan fingerprint density at radius 3 is 2.59 bits per heavy atom. The monoisotopic (exact) mass is 368 g/mol. The lowest BCUT2D eigenvalue weighted by molar-refractivity contribution is 0.0122. The Bertz CT molecular complexity index is 788. The maximum atomic E-state index is 12.3. The molecule has 0 spiro atoms. The van der Waals surface area contributed by atoms with E-state index in [0.717, 1.165) is 30.2 Å². The van der Waals surface area contributed by atoms with Gasteiger partial charge in [-0.05, 0) is 36.8 Å². The Labute approximate surface area is 158 Å². The first-order chi connectivity index (χ1) is 13.2. The standard InChI is InChI=1S/C20H24N4O3/c1-15-2-7-19(27-15)18(24-10-12-26-13-11-24)14-22-20(25)23-17-5-3-16(4-6-17)8-9-21/h2-7,18H,8,10-14H2,1H3,(H2,22,23,25). The highest BCUT2D eigenvalue weighted by atomic mass is 16.5. The molecule has 0 aliphatic carbocycles. The molecule has 142 valence electrons. The van der Waals surface area contributed by atoms with Crippen molar-refractivity contribution in [1.29, 1.82) is 5.26 Å². The van der Waals surface area contributed by atoms with E-state index in [-0.39, 0.29) is 12.1 Å². The number of rotatable bonds is 6. The van der Waals surface area contributed by atoms with Crippen LogP contribution in [0.3, 0.4) is 0 Å². The van der Waals surface area contributed by atoms with E-state index < -0.39 is 0 Å². The van der Waals surface area contributed by atoms with Gasteiger partial charge in [0.2, 0.25) is 0 Å². The summed E-state index contributed by atoms with van der Waals surface area (Å²) >= 11 is 0. The summed E-state index contributed by atoms with van der Waals surface area (Å²) in [6.07, 6.45) is 0.357. The van der Waals surface area contributed by atoms with E-state index >= 15 is 0 Å². The third kappa shape index (κ3) is 5.33. The molecule has 2 aromatic rings. The average molecular weight is 368 g/mol. The van der Waals surface area contributed by atoms with Gasteiger partial charge in [-0.2, -0.15) is 5.26 Å². The van der Waals surface area contributed by atoms with Crippen LogP contribution in [0.15, 0.2) is 40.8 Å². The van der Waals surface area contributed by atoms with Gasteiger partial charge in [-0.1, -0.05) is 12.1 Å². The summed E-state index contributed by atoms with van der Waals surface area (Å²) in [5, 5.41) is 14.5. The van der Waals surface area contributed by atoms with Gasteiger partial charge in [0.15, 0.2) is 0 Å². The van der Waals surface area contributed by atoms with Gasteiger partial charge in [-0.25, -0.2) is 4.79 Å². The number of carbonyl (C=O) groups is 1. The highest BCUT2D eigenvalue weighted by molar-refractivity contribution is 5.89. The number of carbonyl (C=O) groups excluding carboxylic acids is 1. The minimum Gasteiger partial charge on any atom is -0.465 e. The van der Waals surface area contributed by atoms with Crippen LogP contribution in [0.4, 0.5) is 10.5 Å². The number of morpholine rings is 1. The lowest BCUT2D eigenvalue weighted by Gasteiger charge is -2.33. The molecule has 1 unspecified atom stereocenters. The predicted octanol–water partition coefficient (Wildman–Crippen LogP) is 2.85. The van der Waals surface area contributed by atoms with Gasteiger partial charge in [0.05, 0.1) is 31.7 Å². The number of ether oxygens (including phenoxy) is 1. The number of furan rings is 1. The molecular formula is C20H24N4O3. The van der Waals surface area contributed by atoms with Crippen molar-refractivity contribution in [2.24, 2.45) is 0 Å². The molecule has 1 saturated heterocycles. The second kappa shape index (κ2) is 9.21. The summed E-state index contributed by atoms with van der Waals surface area (Å²) in [5.74, 6) is 1.70. The van der Waals surface area contributed by atoms with Crippen molar-refractivity contribution in [3.63, 3.8) is 0 Å². The Morgan fingerprint density at radius 1 is 1.22 bits per heavy atom. The molecular weight excluding hydrogens is 344 g/mol. The second-order valence-electron chi connectivity index (χ2n) is 6.48. The minimum atomic E-state index is -0.274. The first-order valence-electron chi connectivity index (χ1n) is 9.04. The van der Waals surface area contributed by atoms with Crippen molar-refractivity contribution < 1.29 is 13.9 Å². The molecule has 0 bridgehead atoms. The van der Waals surface area contributed by atoms with Gasteiger partial charge < -0.3 is 19.8 Å². The molecule has 2 amide bonds. The van der Waals surface area contributed by atoms with Crippen molar-refractivity contribution >= 4 is 11.7 Å². The van der Waals surface area contributed by atoms with Crippen LogP contribution < -0.4 is 10.6 Å². The molecule has 1 fully saturated rings. The fourth-order valence-corrected chi connectivity index (χ4v) is 3.09. The number of hydrogen-bond donors (Lipinski definition) is 2. The summed E-state index contributed by atoms with van der Waals surface area (Å²) < 4.78 is 11.2. The van der Waals surface area contributed by atoms with Crippen LogP contribution in [0.25, 0.3) is 0 Å². The normalized spacial score (nSPS) is 15.7. The van der Waals surface area contributed by atoms with Gasteiger partial charge in [0.25, 0.3) is 0 Å². The molecule has 2 N–H and O–H groups in total. The van der Waals surface area contributed by atoms with Gasteiger partial charge in [0, 0.05) is 25.3 Å². The van der Waals surface area contributed by atoms with Crippen molar-refractivity contribution in [2.45, 2.75) is 19.4 Å². The van der Waals surface area contributed by atoms with Crippen molar-refractivity contribution in [1.82, 2.24) is 10.2 Å². The number of nitriles is 1. The van der Waals surface area contributed by atoms with Crippen molar-refractivity contribution in [2.75, 3.05) is 38.2 Å². The van der Waals surface area contributed by atoms with E-state index in [1.807, 2.05) is 31.2 Å². The van der Waals surface area contributed by atoms with Gasteiger partial charge in [-0.3, -0.25) is 4.90 Å². The number of anilines is 1. The van der Waals surface area contributed by atoms with Crippen LogP contribution in [-0.2, 0) is 11.2 Å². The quantitative estimate of drug-likeness (QED) is 0.818. The molecule has 1 atom stereocenters. The predicted molar refractivity (Wildman–Crippen MR) is 101 cm³/mol. The lowest BCUT2D eigenvalue weighted by atomic mass is 10.1. The Balaban J connectivity index is 1.59. The first-order valence-corrected chi connectivity index (χ1v) is 9.04. The van der Waals surface area contributed by atoms with Crippen molar-refractivity contribution in [3.8, 4) is 6.07 Å². The fraction of sp³-hybridized carbons (Fsp3) is 0.400. The van der Waals surface area contributed by atoms with Gasteiger partial charge in [-0.15, -0.1) is 0 Å². The van der Waals surface area contributed by atoms with E-state index in [2.05, 4.69) is 21.6 Å². The second-order valence-corrected chi connectivity index (χ2v) is 6.48. The highest BCUT2D eigenvalue weighted by Gasteiger charge is 2.25. The number of hydrogen-bond acceptors (Lipinski definition) is 5. The minimum absolute atomic E-state index is 0.0358. The molecule has 1 aliphatic rings.